The summed E-state index contributed by atoms with van der Waals surface area (Å²) in [6, 6.07) is 0. The first kappa shape index (κ1) is 30.4. The van der Waals surface area contributed by atoms with Gasteiger partial charge in [-0.3, -0.25) is 33.0 Å². The van der Waals surface area contributed by atoms with Crippen LogP contribution in [-0.2, 0) is 44.0 Å². The monoisotopic (exact) mass is 546 g/mol. The van der Waals surface area contributed by atoms with Gasteiger partial charge in [-0.1, -0.05) is 0 Å². The first-order valence-electron chi connectivity index (χ1n) is 11.3. The van der Waals surface area contributed by atoms with Gasteiger partial charge in [0, 0.05) is 6.54 Å². The Bertz CT molecular complexity index is 1160. The van der Waals surface area contributed by atoms with Crippen molar-refractivity contribution < 1.29 is 37.4 Å². The second-order valence-corrected chi connectivity index (χ2v) is 12.1. The van der Waals surface area contributed by atoms with Crippen LogP contribution in [0, 0.1) is 10.8 Å². The molecule has 15 nitrogen and oxygen atoms in total. The average Bonchev–Trinajstić information content (AvgIpc) is 3.18. The molecule has 0 spiro atoms. The molecule has 0 aromatic carbocycles. The summed E-state index contributed by atoms with van der Waals surface area (Å²) in [5.41, 5.74) is 9.58. The standard InChI is InChI=1S/C21H35N6O9P/c1-20(2,3)17(29)32-10-35-37(31,36-11-33-18(30)21(4,5)6)12-34-13(7-22)8-27-9-24-14-15(27)25-19(23)26-16(14)28/h9,13H,7-8,10-12,22H2,1-6H3,(H3,23,25,26,28). The van der Waals surface area contributed by atoms with Gasteiger partial charge < -0.3 is 30.2 Å². The highest BCUT2D eigenvalue weighted by atomic mass is 31.2. The zero-order valence-corrected chi connectivity index (χ0v) is 22.7. The minimum absolute atomic E-state index is 0.0314. The van der Waals surface area contributed by atoms with Crippen LogP contribution in [0.15, 0.2) is 11.1 Å². The molecular formula is C21H35N6O9P. The lowest BCUT2D eigenvalue weighted by Gasteiger charge is -2.24. The molecule has 37 heavy (non-hydrogen) atoms. The van der Waals surface area contributed by atoms with Crippen LogP contribution in [0.3, 0.4) is 0 Å². The summed E-state index contributed by atoms with van der Waals surface area (Å²) < 4.78 is 41.0. The van der Waals surface area contributed by atoms with Gasteiger partial charge in [-0.05, 0) is 41.5 Å². The van der Waals surface area contributed by atoms with Crippen molar-refractivity contribution in [2.45, 2.75) is 54.2 Å². The molecule has 0 saturated carbocycles. The summed E-state index contributed by atoms with van der Waals surface area (Å²) in [5, 5.41) is 0. The van der Waals surface area contributed by atoms with Crippen molar-refractivity contribution in [1.29, 1.82) is 0 Å². The van der Waals surface area contributed by atoms with Crippen molar-refractivity contribution in [1.82, 2.24) is 19.5 Å². The Morgan fingerprint density at radius 3 is 2.11 bits per heavy atom. The van der Waals surface area contributed by atoms with Gasteiger partial charge in [-0.2, -0.15) is 4.98 Å². The summed E-state index contributed by atoms with van der Waals surface area (Å²) in [7, 11) is -4.10. The van der Waals surface area contributed by atoms with E-state index < -0.39 is 62.0 Å². The predicted octanol–water partition coefficient (Wildman–Crippen LogP) is 1.32. The summed E-state index contributed by atoms with van der Waals surface area (Å²) >= 11 is 0. The molecule has 0 radical (unpaired) electrons. The summed E-state index contributed by atoms with van der Waals surface area (Å²) in [6.07, 6.45) is -0.00447. The number of H-pyrrole nitrogens is 1. The Hall–Kier alpha value is -2.84. The minimum atomic E-state index is -4.10. The number of aromatic nitrogens is 4. The molecule has 1 unspecified atom stereocenters. The Kier molecular flexibility index (Phi) is 9.97. The highest BCUT2D eigenvalue weighted by Gasteiger charge is 2.31. The van der Waals surface area contributed by atoms with E-state index in [-0.39, 0.29) is 30.2 Å². The van der Waals surface area contributed by atoms with Crippen LogP contribution < -0.4 is 17.0 Å². The third-order valence-corrected chi connectivity index (χ3v) is 6.19. The lowest BCUT2D eigenvalue weighted by atomic mass is 9.98. The fraction of sp³-hybridized carbons (Fsp3) is 0.667. The van der Waals surface area contributed by atoms with Crippen molar-refractivity contribution in [3.05, 3.63) is 16.7 Å². The van der Waals surface area contributed by atoms with Gasteiger partial charge in [0.1, 0.15) is 6.35 Å². The van der Waals surface area contributed by atoms with E-state index in [0.29, 0.717) is 0 Å². The van der Waals surface area contributed by atoms with Crippen LogP contribution in [0.25, 0.3) is 11.2 Å². The van der Waals surface area contributed by atoms with Crippen LogP contribution in [-0.4, -0.2) is 64.0 Å². The number of carbonyl (C=O) groups is 2. The number of ether oxygens (including phenoxy) is 3. The van der Waals surface area contributed by atoms with Gasteiger partial charge >= 0.3 is 19.5 Å². The van der Waals surface area contributed by atoms with Gasteiger partial charge in [0.05, 0.1) is 29.8 Å². The lowest BCUT2D eigenvalue weighted by molar-refractivity contribution is -0.162. The van der Waals surface area contributed by atoms with Crippen LogP contribution in [0.4, 0.5) is 5.95 Å². The van der Waals surface area contributed by atoms with E-state index in [2.05, 4.69) is 15.0 Å². The Morgan fingerprint density at radius 2 is 1.62 bits per heavy atom. The molecular weight excluding hydrogens is 511 g/mol. The maximum atomic E-state index is 13.3. The molecule has 16 heteroatoms. The second kappa shape index (κ2) is 12.1. The number of rotatable bonds is 12. The van der Waals surface area contributed by atoms with Crippen LogP contribution in [0.1, 0.15) is 41.5 Å². The number of nitrogens with zero attached hydrogens (tertiary/aromatic N) is 3. The van der Waals surface area contributed by atoms with E-state index in [0.717, 1.165) is 0 Å². The summed E-state index contributed by atoms with van der Waals surface area (Å²) in [5.74, 6) is -1.27. The number of hydrogen-bond acceptors (Lipinski definition) is 13. The first-order chi connectivity index (χ1) is 17.1. The zero-order chi connectivity index (χ0) is 28.0. The number of hydrogen-bond donors (Lipinski definition) is 3. The van der Waals surface area contributed by atoms with Crippen molar-refractivity contribution >= 4 is 36.6 Å². The fourth-order valence-electron chi connectivity index (χ4n) is 2.58. The number of nitrogen functional groups attached to an aromatic ring is 1. The number of esters is 2. The zero-order valence-electron chi connectivity index (χ0n) is 21.8. The quantitative estimate of drug-likeness (QED) is 0.195. The van der Waals surface area contributed by atoms with Crippen molar-refractivity contribution in [3.63, 3.8) is 0 Å². The molecule has 0 aliphatic carbocycles. The number of nitrogens with one attached hydrogen (secondary N) is 1. The molecule has 0 bridgehead atoms. The molecule has 208 valence electrons. The Labute approximate surface area is 213 Å². The SMILES string of the molecule is CC(C)(C)C(=O)OCOP(=O)(COC(CN)Cn1cnc2c(=O)[nH]c(N)nc21)OCOC(=O)C(C)(C)C. The van der Waals surface area contributed by atoms with Gasteiger partial charge in [0.25, 0.3) is 5.56 Å². The van der Waals surface area contributed by atoms with Gasteiger partial charge in [-0.25, -0.2) is 4.98 Å². The molecule has 5 N–H and O–H groups in total. The third-order valence-electron chi connectivity index (χ3n) is 4.73. The molecule has 0 aliphatic heterocycles. The summed E-state index contributed by atoms with van der Waals surface area (Å²) in [6.45, 7) is 8.52. The number of aromatic amines is 1. The molecule has 2 heterocycles. The topological polar surface area (TPSA) is 213 Å². The molecule has 0 amide bonds. The van der Waals surface area contributed by atoms with Crippen LogP contribution >= 0.6 is 7.60 Å². The predicted molar refractivity (Wildman–Crippen MR) is 132 cm³/mol. The average molecular weight is 547 g/mol. The number of fused-ring (bicyclic) bond motifs is 1. The van der Waals surface area contributed by atoms with E-state index >= 15 is 0 Å². The Morgan fingerprint density at radius 1 is 1.08 bits per heavy atom. The van der Waals surface area contributed by atoms with Crippen LogP contribution in [0.5, 0.6) is 0 Å². The number of carbonyl (C=O) groups excluding carboxylic acids is 2. The molecule has 0 fully saturated rings. The molecule has 2 aromatic rings. The van der Waals surface area contributed by atoms with E-state index in [4.69, 9.17) is 34.7 Å². The van der Waals surface area contributed by atoms with Gasteiger partial charge in [0.15, 0.2) is 11.2 Å². The van der Waals surface area contributed by atoms with E-state index in [1.165, 1.54) is 10.9 Å². The van der Waals surface area contributed by atoms with Gasteiger partial charge in [0.2, 0.25) is 19.5 Å². The molecule has 0 saturated heterocycles. The highest BCUT2D eigenvalue weighted by molar-refractivity contribution is 7.53. The fourth-order valence-corrected chi connectivity index (χ4v) is 3.62. The normalized spacial score (nSPS) is 13.5. The minimum Gasteiger partial charge on any atom is -0.438 e. The van der Waals surface area contributed by atoms with Crippen molar-refractivity contribution in [3.8, 4) is 0 Å². The summed E-state index contributed by atoms with van der Waals surface area (Å²) in [4.78, 5) is 46.5. The van der Waals surface area contributed by atoms with Gasteiger partial charge in [-0.15, -0.1) is 0 Å². The maximum Gasteiger partial charge on any atom is 0.361 e. The maximum absolute atomic E-state index is 13.3. The van der Waals surface area contributed by atoms with E-state index in [9.17, 15) is 18.9 Å². The van der Waals surface area contributed by atoms with E-state index in [1.54, 1.807) is 41.5 Å². The lowest BCUT2D eigenvalue weighted by Crippen LogP contribution is -2.30. The van der Waals surface area contributed by atoms with Crippen LogP contribution in [0.2, 0.25) is 0 Å². The molecule has 2 aromatic heterocycles. The first-order valence-corrected chi connectivity index (χ1v) is 13.0. The Balaban J connectivity index is 2.10. The molecule has 0 aliphatic rings. The number of anilines is 1. The van der Waals surface area contributed by atoms with Crippen molar-refractivity contribution in [2.24, 2.45) is 16.6 Å². The third kappa shape index (κ3) is 8.90. The largest absolute Gasteiger partial charge is 0.438 e. The smallest absolute Gasteiger partial charge is 0.361 e. The molecule has 2 rings (SSSR count). The number of imidazole rings is 1. The highest BCUT2D eigenvalue weighted by Crippen LogP contribution is 2.48. The van der Waals surface area contributed by atoms with E-state index in [1.807, 2.05) is 0 Å². The molecule has 1 atom stereocenters. The number of nitrogens with two attached hydrogens (primary N) is 2. The van der Waals surface area contributed by atoms with Crippen molar-refractivity contribution in [2.75, 3.05) is 32.2 Å². The second-order valence-electron chi connectivity index (χ2n) is 10.1.